The SMILES string of the molecule is CCC1(CCOC)CN(c2ncc(C)cc2N(N=O)c2ccc(C(=O)N3CCc4cc(C(=O)Nc5c(C)cccc5F)sc4-c4ncc(C)cc43)cc2)C1. The van der Waals surface area contributed by atoms with Crippen LogP contribution in [0.3, 0.4) is 0 Å². The maximum atomic E-state index is 14.5. The highest BCUT2D eigenvalue weighted by Crippen LogP contribution is 2.45. The van der Waals surface area contributed by atoms with Crippen molar-refractivity contribution in [2.24, 2.45) is 10.7 Å². The van der Waals surface area contributed by atoms with Gasteiger partial charge in [0.1, 0.15) is 17.2 Å². The highest BCUT2D eigenvalue weighted by atomic mass is 32.1. The molecule has 2 aliphatic heterocycles. The van der Waals surface area contributed by atoms with Crippen LogP contribution in [0.1, 0.15) is 62.0 Å². The lowest BCUT2D eigenvalue weighted by atomic mass is 9.74. The van der Waals surface area contributed by atoms with Gasteiger partial charge in [-0.3, -0.25) is 14.6 Å². The number of ether oxygens (including phenoxy) is 1. The standard InChI is InChI=1S/C41H42FN7O4S/c1-6-41(15-17-53-5)23-47(24-41)38-33(19-26(3)22-44-38)49(46-52)30-12-10-28(11-13-30)40(51)48-16-14-29-20-34(39(50)45-35-27(4)8-7-9-31(35)42)54-37(29)36-32(48)18-25(2)21-43-36/h7-13,18-22H,6,14-17,23-24H2,1-5H3,(H,45,50). The van der Waals surface area contributed by atoms with Crippen LogP contribution in [-0.4, -0.2) is 55.1 Å². The Labute approximate surface area is 317 Å². The third-order valence-corrected chi connectivity index (χ3v) is 11.6. The van der Waals surface area contributed by atoms with Gasteiger partial charge < -0.3 is 19.9 Å². The first-order valence-electron chi connectivity index (χ1n) is 18.0. The minimum absolute atomic E-state index is 0.130. The number of nitrogens with zero attached hydrogens (tertiary/aromatic N) is 6. The molecule has 0 bridgehead atoms. The van der Waals surface area contributed by atoms with E-state index in [1.165, 1.54) is 22.4 Å². The van der Waals surface area contributed by atoms with Crippen LogP contribution in [0, 0.1) is 36.9 Å². The molecule has 0 radical (unpaired) electrons. The number of pyridine rings is 2. The summed E-state index contributed by atoms with van der Waals surface area (Å²) in [6, 6.07) is 17.1. The summed E-state index contributed by atoms with van der Waals surface area (Å²) in [7, 11) is 1.72. The van der Waals surface area contributed by atoms with Gasteiger partial charge in [0.15, 0.2) is 5.82 Å². The molecule has 2 aromatic carbocycles. The van der Waals surface area contributed by atoms with Crippen LogP contribution in [0.4, 0.5) is 33.0 Å². The van der Waals surface area contributed by atoms with Crippen molar-refractivity contribution in [3.63, 3.8) is 0 Å². The summed E-state index contributed by atoms with van der Waals surface area (Å²) >= 11 is 1.27. The second kappa shape index (κ2) is 15.1. The average molecular weight is 748 g/mol. The Morgan fingerprint density at radius 2 is 1.78 bits per heavy atom. The molecule has 11 nitrogen and oxygen atoms in total. The first-order valence-corrected chi connectivity index (χ1v) is 18.8. The van der Waals surface area contributed by atoms with Crippen molar-refractivity contribution >= 4 is 51.7 Å². The summed E-state index contributed by atoms with van der Waals surface area (Å²) < 4.78 is 19.9. The van der Waals surface area contributed by atoms with Crippen LogP contribution in [0.25, 0.3) is 10.6 Å². The summed E-state index contributed by atoms with van der Waals surface area (Å²) in [5, 5.41) is 7.47. The Balaban J connectivity index is 1.13. The second-order valence-corrected chi connectivity index (χ2v) is 15.2. The smallest absolute Gasteiger partial charge is 0.265 e. The monoisotopic (exact) mass is 747 g/mol. The predicted molar refractivity (Wildman–Crippen MR) is 212 cm³/mol. The molecule has 2 amide bonds. The zero-order valence-electron chi connectivity index (χ0n) is 31.0. The first-order chi connectivity index (χ1) is 26.0. The van der Waals surface area contributed by atoms with E-state index < -0.39 is 11.7 Å². The first kappa shape index (κ1) is 36.8. The number of amides is 2. The van der Waals surface area contributed by atoms with Gasteiger partial charge in [0.05, 0.1) is 32.1 Å². The Morgan fingerprint density at radius 3 is 2.48 bits per heavy atom. The Morgan fingerprint density at radius 1 is 1.04 bits per heavy atom. The van der Waals surface area contributed by atoms with E-state index in [1.54, 1.807) is 73.8 Å². The summed E-state index contributed by atoms with van der Waals surface area (Å²) in [4.78, 5) is 54.6. The fourth-order valence-corrected chi connectivity index (χ4v) is 8.37. The number of hydrogen-bond donors (Lipinski definition) is 1. The van der Waals surface area contributed by atoms with Crippen LogP contribution in [-0.2, 0) is 11.2 Å². The Kier molecular flexibility index (Phi) is 10.3. The van der Waals surface area contributed by atoms with Gasteiger partial charge >= 0.3 is 0 Å². The fraction of sp³-hybridized carbons (Fsp3) is 0.317. The minimum atomic E-state index is -0.498. The molecule has 0 aliphatic carbocycles. The molecule has 5 aromatic rings. The summed E-state index contributed by atoms with van der Waals surface area (Å²) in [5.41, 5.74) is 6.30. The average Bonchev–Trinajstić information content (AvgIpc) is 3.52. The van der Waals surface area contributed by atoms with E-state index in [9.17, 15) is 18.9 Å². The number of benzene rings is 2. The zero-order chi connectivity index (χ0) is 38.1. The normalized spacial score (nSPS) is 14.4. The second-order valence-electron chi connectivity index (χ2n) is 14.2. The number of anilines is 5. The molecule has 3 aromatic heterocycles. The van der Waals surface area contributed by atoms with Crippen LogP contribution in [0.2, 0.25) is 0 Å². The molecule has 54 heavy (non-hydrogen) atoms. The number of fused-ring (bicyclic) bond motifs is 3. The van der Waals surface area contributed by atoms with Gasteiger partial charge in [0.25, 0.3) is 11.8 Å². The molecule has 278 valence electrons. The van der Waals surface area contributed by atoms with E-state index in [-0.39, 0.29) is 17.0 Å². The fourth-order valence-electron chi connectivity index (χ4n) is 7.26. The molecule has 7 rings (SSSR count). The molecule has 13 heteroatoms. The molecule has 1 saturated heterocycles. The molecule has 5 heterocycles. The number of nitroso groups, excluding NO2 is 1. The molecule has 1 N–H and O–H groups in total. The summed E-state index contributed by atoms with van der Waals surface area (Å²) in [6.07, 6.45) is 5.97. The van der Waals surface area contributed by atoms with Crippen molar-refractivity contribution in [1.82, 2.24) is 9.97 Å². The van der Waals surface area contributed by atoms with Crippen LogP contribution >= 0.6 is 11.3 Å². The summed E-state index contributed by atoms with van der Waals surface area (Å²) in [6.45, 7) is 10.4. The van der Waals surface area contributed by atoms with Crippen molar-refractivity contribution in [3.05, 3.63) is 116 Å². The minimum Gasteiger partial charge on any atom is -0.385 e. The number of rotatable bonds is 11. The third kappa shape index (κ3) is 6.96. The lowest BCUT2D eigenvalue weighted by Gasteiger charge is -2.51. The van der Waals surface area contributed by atoms with Crippen molar-refractivity contribution in [3.8, 4) is 10.6 Å². The summed E-state index contributed by atoms with van der Waals surface area (Å²) in [5.74, 6) is -0.450. The van der Waals surface area contributed by atoms with Gasteiger partial charge in [0.2, 0.25) is 0 Å². The molecule has 0 saturated carbocycles. The van der Waals surface area contributed by atoms with E-state index in [1.807, 2.05) is 26.0 Å². The molecule has 1 fully saturated rings. The number of carbonyl (C=O) groups is 2. The third-order valence-electron chi connectivity index (χ3n) is 10.4. The molecule has 0 unspecified atom stereocenters. The number of aromatic nitrogens is 2. The van der Waals surface area contributed by atoms with Crippen LogP contribution in [0.15, 0.2) is 78.3 Å². The number of para-hydroxylation sites is 1. The lowest BCUT2D eigenvalue weighted by Crippen LogP contribution is -2.57. The number of nitrogens with one attached hydrogen (secondary N) is 1. The number of methoxy groups -OCH3 is 1. The maximum Gasteiger partial charge on any atom is 0.265 e. The van der Waals surface area contributed by atoms with Crippen molar-refractivity contribution in [2.45, 2.75) is 47.0 Å². The van der Waals surface area contributed by atoms with Gasteiger partial charge in [-0.2, -0.15) is 5.01 Å². The Bertz CT molecular complexity index is 2220. The van der Waals surface area contributed by atoms with Crippen molar-refractivity contribution < 1.29 is 18.7 Å². The van der Waals surface area contributed by atoms with Gasteiger partial charge in [-0.05, 0) is 111 Å². The molecular weight excluding hydrogens is 706 g/mol. The molecule has 2 aliphatic rings. The number of halogens is 1. The van der Waals surface area contributed by atoms with Crippen molar-refractivity contribution in [1.29, 1.82) is 0 Å². The van der Waals surface area contributed by atoms with Crippen molar-refractivity contribution in [2.75, 3.05) is 53.5 Å². The van der Waals surface area contributed by atoms with Gasteiger partial charge in [0, 0.05) is 56.7 Å². The van der Waals surface area contributed by atoms with E-state index in [0.29, 0.717) is 64.2 Å². The van der Waals surface area contributed by atoms with Gasteiger partial charge in [-0.1, -0.05) is 19.1 Å². The lowest BCUT2D eigenvalue weighted by molar-refractivity contribution is 0.0985. The van der Waals surface area contributed by atoms with Gasteiger partial charge in [-0.25, -0.2) is 9.37 Å². The van der Waals surface area contributed by atoms with E-state index in [0.717, 1.165) is 47.5 Å². The highest BCUT2D eigenvalue weighted by molar-refractivity contribution is 7.17. The Hall–Kier alpha value is -5.53. The molecule has 0 spiro atoms. The highest BCUT2D eigenvalue weighted by Gasteiger charge is 2.43. The largest absolute Gasteiger partial charge is 0.385 e. The van der Waals surface area contributed by atoms with Crippen LogP contribution < -0.4 is 20.1 Å². The van der Waals surface area contributed by atoms with E-state index >= 15 is 0 Å². The number of hydrogen-bond acceptors (Lipinski definition) is 9. The van der Waals surface area contributed by atoms with E-state index in [2.05, 4.69) is 22.4 Å². The predicted octanol–water partition coefficient (Wildman–Crippen LogP) is 8.80. The number of aryl methyl sites for hydroxylation is 3. The topological polar surface area (TPSA) is 120 Å². The van der Waals surface area contributed by atoms with Crippen LogP contribution in [0.5, 0.6) is 0 Å². The number of thiophene rings is 1. The van der Waals surface area contributed by atoms with E-state index in [4.69, 9.17) is 14.7 Å². The quantitative estimate of drug-likeness (QED) is 0.105. The number of carbonyl (C=O) groups excluding carboxylic acids is 2. The van der Waals surface area contributed by atoms with Gasteiger partial charge in [-0.15, -0.1) is 16.2 Å². The zero-order valence-corrected chi connectivity index (χ0v) is 31.8. The molecular formula is C41H42FN7O4S. The maximum absolute atomic E-state index is 14.5. The molecule has 0 atom stereocenters.